The van der Waals surface area contributed by atoms with Gasteiger partial charge in [-0.2, -0.15) is 0 Å². The van der Waals surface area contributed by atoms with Gasteiger partial charge >= 0.3 is 0 Å². The van der Waals surface area contributed by atoms with Gasteiger partial charge in [0.25, 0.3) is 0 Å². The lowest BCUT2D eigenvalue weighted by Gasteiger charge is -2.16. The molecule has 0 bridgehead atoms. The summed E-state index contributed by atoms with van der Waals surface area (Å²) in [4.78, 5) is 4.38. The maximum absolute atomic E-state index is 5.90. The largest absolute Gasteiger partial charge is 0.370 e. The average Bonchev–Trinajstić information content (AvgIpc) is 3.19. The van der Waals surface area contributed by atoms with Gasteiger partial charge in [0, 0.05) is 6.04 Å². The van der Waals surface area contributed by atoms with Crippen LogP contribution in [0.3, 0.4) is 0 Å². The van der Waals surface area contributed by atoms with E-state index < -0.39 is 0 Å². The molecular weight excluding hydrogens is 210 g/mol. The normalized spacial score (nSPS) is 17.8. The third-order valence-electron chi connectivity index (χ3n) is 3.24. The van der Waals surface area contributed by atoms with Crippen molar-refractivity contribution < 1.29 is 0 Å². The van der Waals surface area contributed by atoms with Crippen molar-refractivity contribution in [2.45, 2.75) is 38.8 Å². The highest BCUT2D eigenvalue weighted by molar-refractivity contribution is 5.78. The molecular formula is C14H21N3. The van der Waals surface area contributed by atoms with Crippen molar-refractivity contribution in [3.63, 3.8) is 0 Å². The Bertz CT molecular complexity index is 368. The quantitative estimate of drug-likeness (QED) is 0.603. The summed E-state index contributed by atoms with van der Waals surface area (Å²) < 4.78 is 0. The Kier molecular flexibility index (Phi) is 4.02. The average molecular weight is 231 g/mol. The minimum Gasteiger partial charge on any atom is -0.370 e. The summed E-state index contributed by atoms with van der Waals surface area (Å²) in [6, 6.07) is 10.7. The highest BCUT2D eigenvalue weighted by Gasteiger charge is 2.29. The highest BCUT2D eigenvalue weighted by Crippen LogP contribution is 2.33. The van der Waals surface area contributed by atoms with E-state index in [0.717, 1.165) is 12.3 Å². The number of nitrogens with one attached hydrogen (secondary N) is 1. The van der Waals surface area contributed by atoms with Crippen LogP contribution in [-0.4, -0.2) is 12.0 Å². The first-order valence-electron chi connectivity index (χ1n) is 6.40. The van der Waals surface area contributed by atoms with Crippen molar-refractivity contribution in [3.05, 3.63) is 35.9 Å². The third kappa shape index (κ3) is 3.77. The van der Waals surface area contributed by atoms with Crippen LogP contribution in [0, 0.1) is 5.92 Å². The second-order valence-corrected chi connectivity index (χ2v) is 4.68. The summed E-state index contributed by atoms with van der Waals surface area (Å²) in [6.07, 6.45) is 3.78. The minimum atomic E-state index is 0.509. The number of hydrogen-bond acceptors (Lipinski definition) is 1. The number of nitrogens with zero attached hydrogens (tertiary/aromatic N) is 1. The van der Waals surface area contributed by atoms with E-state index in [1.165, 1.54) is 18.4 Å². The number of hydrogen-bond donors (Lipinski definition) is 2. The van der Waals surface area contributed by atoms with Gasteiger partial charge in [-0.15, -0.1) is 0 Å². The van der Waals surface area contributed by atoms with Gasteiger partial charge in [0.1, 0.15) is 0 Å². The molecule has 1 aliphatic carbocycles. The Morgan fingerprint density at radius 1 is 1.41 bits per heavy atom. The lowest BCUT2D eigenvalue weighted by Crippen LogP contribution is -2.41. The van der Waals surface area contributed by atoms with Crippen LogP contribution >= 0.6 is 0 Å². The zero-order chi connectivity index (χ0) is 12.1. The van der Waals surface area contributed by atoms with Crippen LogP contribution in [-0.2, 0) is 6.54 Å². The van der Waals surface area contributed by atoms with Gasteiger partial charge in [0.05, 0.1) is 6.54 Å². The van der Waals surface area contributed by atoms with Crippen molar-refractivity contribution in [3.8, 4) is 0 Å². The minimum absolute atomic E-state index is 0.509. The Hall–Kier alpha value is -1.51. The Labute approximate surface area is 103 Å². The standard InChI is InChI=1S/C14H21N3/c1-2-13(12-8-9-12)17-14(15)16-10-11-6-4-3-5-7-11/h3-7,12-13H,2,8-10H2,1H3,(H3,15,16,17). The molecule has 3 N–H and O–H groups in total. The van der Waals surface area contributed by atoms with Crippen LogP contribution in [0.2, 0.25) is 0 Å². The van der Waals surface area contributed by atoms with Crippen LogP contribution < -0.4 is 11.1 Å². The first kappa shape index (κ1) is 12.0. The van der Waals surface area contributed by atoms with E-state index in [4.69, 9.17) is 5.73 Å². The molecule has 1 saturated carbocycles. The van der Waals surface area contributed by atoms with E-state index in [9.17, 15) is 0 Å². The molecule has 1 aliphatic rings. The van der Waals surface area contributed by atoms with Gasteiger partial charge in [-0.3, -0.25) is 0 Å². The molecule has 0 saturated heterocycles. The van der Waals surface area contributed by atoms with E-state index in [1.807, 2.05) is 18.2 Å². The molecule has 0 radical (unpaired) electrons. The molecule has 3 heteroatoms. The maximum atomic E-state index is 5.90. The van der Waals surface area contributed by atoms with Crippen LogP contribution in [0.4, 0.5) is 0 Å². The number of aliphatic imine (C=N–C) groups is 1. The van der Waals surface area contributed by atoms with Crippen molar-refractivity contribution >= 4 is 5.96 Å². The van der Waals surface area contributed by atoms with Crippen molar-refractivity contribution in [1.82, 2.24) is 5.32 Å². The van der Waals surface area contributed by atoms with Gasteiger partial charge in [-0.05, 0) is 30.7 Å². The Morgan fingerprint density at radius 2 is 2.12 bits per heavy atom. The first-order chi connectivity index (χ1) is 8.29. The van der Waals surface area contributed by atoms with E-state index in [2.05, 4.69) is 29.4 Å². The maximum Gasteiger partial charge on any atom is 0.189 e. The molecule has 0 spiro atoms. The number of rotatable bonds is 5. The second kappa shape index (κ2) is 5.71. The fraction of sp³-hybridized carbons (Fsp3) is 0.500. The molecule has 1 unspecified atom stereocenters. The van der Waals surface area contributed by atoms with Crippen LogP contribution in [0.5, 0.6) is 0 Å². The molecule has 1 aromatic carbocycles. The highest BCUT2D eigenvalue weighted by atomic mass is 15.1. The zero-order valence-electron chi connectivity index (χ0n) is 10.4. The van der Waals surface area contributed by atoms with Gasteiger partial charge in [-0.1, -0.05) is 37.3 Å². The molecule has 3 nitrogen and oxygen atoms in total. The predicted molar refractivity (Wildman–Crippen MR) is 71.7 cm³/mol. The Balaban J connectivity index is 1.84. The molecule has 1 fully saturated rings. The lowest BCUT2D eigenvalue weighted by atomic mass is 10.1. The third-order valence-corrected chi connectivity index (χ3v) is 3.24. The predicted octanol–water partition coefficient (Wildman–Crippen LogP) is 2.28. The zero-order valence-corrected chi connectivity index (χ0v) is 10.4. The molecule has 0 aromatic heterocycles. The monoisotopic (exact) mass is 231 g/mol. The number of nitrogens with two attached hydrogens (primary N) is 1. The molecule has 0 heterocycles. The van der Waals surface area contributed by atoms with E-state index in [-0.39, 0.29) is 0 Å². The first-order valence-corrected chi connectivity index (χ1v) is 6.40. The fourth-order valence-corrected chi connectivity index (χ4v) is 2.05. The van der Waals surface area contributed by atoms with Crippen molar-refractivity contribution in [2.24, 2.45) is 16.6 Å². The van der Waals surface area contributed by atoms with Crippen molar-refractivity contribution in [1.29, 1.82) is 0 Å². The van der Waals surface area contributed by atoms with Gasteiger partial charge in [0.15, 0.2) is 5.96 Å². The van der Waals surface area contributed by atoms with Crippen LogP contribution in [0.15, 0.2) is 35.3 Å². The molecule has 92 valence electrons. The van der Waals surface area contributed by atoms with Gasteiger partial charge < -0.3 is 11.1 Å². The second-order valence-electron chi connectivity index (χ2n) is 4.68. The van der Waals surface area contributed by atoms with Crippen LogP contribution in [0.25, 0.3) is 0 Å². The molecule has 1 aromatic rings. The summed E-state index contributed by atoms with van der Waals surface area (Å²) in [5, 5.41) is 3.33. The van der Waals surface area contributed by atoms with Gasteiger partial charge in [0.2, 0.25) is 0 Å². The number of guanidine groups is 1. The summed E-state index contributed by atoms with van der Waals surface area (Å²) in [7, 11) is 0. The molecule has 2 rings (SSSR count). The van der Waals surface area contributed by atoms with E-state index in [0.29, 0.717) is 18.5 Å². The molecule has 17 heavy (non-hydrogen) atoms. The summed E-state index contributed by atoms with van der Waals surface area (Å²) in [5.74, 6) is 1.39. The smallest absolute Gasteiger partial charge is 0.189 e. The van der Waals surface area contributed by atoms with E-state index in [1.54, 1.807) is 0 Å². The molecule has 1 atom stereocenters. The molecule has 0 amide bonds. The van der Waals surface area contributed by atoms with E-state index >= 15 is 0 Å². The Morgan fingerprint density at radius 3 is 2.71 bits per heavy atom. The summed E-state index contributed by atoms with van der Waals surface area (Å²) in [5.41, 5.74) is 7.09. The van der Waals surface area contributed by atoms with Crippen LogP contribution in [0.1, 0.15) is 31.7 Å². The summed E-state index contributed by atoms with van der Waals surface area (Å²) >= 11 is 0. The lowest BCUT2D eigenvalue weighted by molar-refractivity contribution is 0.521. The van der Waals surface area contributed by atoms with Gasteiger partial charge in [-0.25, -0.2) is 4.99 Å². The topological polar surface area (TPSA) is 50.4 Å². The van der Waals surface area contributed by atoms with Crippen molar-refractivity contribution in [2.75, 3.05) is 0 Å². The molecule has 0 aliphatic heterocycles. The SMILES string of the molecule is CCC(NC(N)=NCc1ccccc1)C1CC1. The number of benzene rings is 1. The summed E-state index contributed by atoms with van der Waals surface area (Å²) in [6.45, 7) is 2.85. The fourth-order valence-electron chi connectivity index (χ4n) is 2.05.